The number of rotatable bonds is 4. The van der Waals surface area contributed by atoms with E-state index in [-0.39, 0.29) is 0 Å². The summed E-state index contributed by atoms with van der Waals surface area (Å²) in [7, 11) is 1.73. The topological polar surface area (TPSA) is 24.5 Å². The lowest BCUT2D eigenvalue weighted by atomic mass is 9.94. The molecule has 3 nitrogen and oxygen atoms in total. The van der Waals surface area contributed by atoms with Gasteiger partial charge in [-0.1, -0.05) is 6.92 Å². The van der Waals surface area contributed by atoms with Crippen molar-refractivity contribution < 1.29 is 4.74 Å². The lowest BCUT2D eigenvalue weighted by Gasteiger charge is -2.38. The largest absolute Gasteiger partial charge is 0.385 e. The highest BCUT2D eigenvalue weighted by molar-refractivity contribution is 7.80. The second-order valence-electron chi connectivity index (χ2n) is 4.75. The number of methoxy groups -OCH3 is 1. The van der Waals surface area contributed by atoms with Crippen LogP contribution in [0.4, 0.5) is 0 Å². The fourth-order valence-electron chi connectivity index (χ4n) is 2.22. The highest BCUT2D eigenvalue weighted by Gasteiger charge is 2.24. The lowest BCUT2D eigenvalue weighted by molar-refractivity contribution is 0.192. The first-order valence-corrected chi connectivity index (χ1v) is 6.59. The molecule has 1 heterocycles. The maximum absolute atomic E-state index is 5.41. The zero-order valence-corrected chi connectivity index (χ0v) is 11.5. The third-order valence-electron chi connectivity index (χ3n) is 3.20. The molecule has 0 aromatic heterocycles. The molecule has 1 N–H and O–H groups in total. The Kier molecular flexibility index (Phi) is 6.06. The summed E-state index contributed by atoms with van der Waals surface area (Å²) < 4.78 is 5.01. The van der Waals surface area contributed by atoms with Crippen LogP contribution in [-0.2, 0) is 4.74 Å². The van der Waals surface area contributed by atoms with Crippen molar-refractivity contribution in [1.29, 1.82) is 0 Å². The molecule has 0 amide bonds. The summed E-state index contributed by atoms with van der Waals surface area (Å²) in [5.41, 5.74) is 0. The molecule has 1 aliphatic heterocycles. The van der Waals surface area contributed by atoms with Crippen LogP contribution < -0.4 is 5.32 Å². The van der Waals surface area contributed by atoms with Crippen molar-refractivity contribution in [3.05, 3.63) is 0 Å². The molecule has 2 atom stereocenters. The van der Waals surface area contributed by atoms with Crippen molar-refractivity contribution in [2.24, 2.45) is 5.92 Å². The van der Waals surface area contributed by atoms with E-state index in [9.17, 15) is 0 Å². The van der Waals surface area contributed by atoms with Crippen molar-refractivity contribution in [3.8, 4) is 0 Å². The minimum Gasteiger partial charge on any atom is -0.385 e. The molecule has 16 heavy (non-hydrogen) atoms. The van der Waals surface area contributed by atoms with Crippen molar-refractivity contribution >= 4 is 17.3 Å². The molecule has 1 saturated heterocycles. The number of hydrogen-bond donors (Lipinski definition) is 1. The zero-order valence-electron chi connectivity index (χ0n) is 10.7. The summed E-state index contributed by atoms with van der Waals surface area (Å²) in [4.78, 5) is 2.32. The van der Waals surface area contributed by atoms with Crippen LogP contribution in [-0.4, -0.2) is 42.9 Å². The van der Waals surface area contributed by atoms with Crippen LogP contribution in [0.5, 0.6) is 0 Å². The van der Waals surface area contributed by atoms with Crippen molar-refractivity contribution in [1.82, 2.24) is 10.2 Å². The van der Waals surface area contributed by atoms with E-state index in [1.165, 1.54) is 12.8 Å². The third-order valence-corrected chi connectivity index (χ3v) is 3.58. The SMILES string of the molecule is COCCCNC(=S)N1CCC(C)CC1C. The van der Waals surface area contributed by atoms with E-state index < -0.39 is 0 Å². The molecule has 4 heteroatoms. The molecule has 94 valence electrons. The second-order valence-corrected chi connectivity index (χ2v) is 5.14. The quantitative estimate of drug-likeness (QED) is 0.604. The Morgan fingerprint density at radius 1 is 1.50 bits per heavy atom. The maximum Gasteiger partial charge on any atom is 0.169 e. The predicted octanol–water partition coefficient (Wildman–Crippen LogP) is 2.02. The molecule has 1 aliphatic rings. The Morgan fingerprint density at radius 2 is 2.25 bits per heavy atom. The van der Waals surface area contributed by atoms with Gasteiger partial charge in [0.05, 0.1) is 0 Å². The predicted molar refractivity (Wildman–Crippen MR) is 71.7 cm³/mol. The minimum atomic E-state index is 0.575. The normalized spacial score (nSPS) is 25.6. The van der Waals surface area contributed by atoms with Crippen LogP contribution in [0, 0.1) is 5.92 Å². The summed E-state index contributed by atoms with van der Waals surface area (Å²) in [6.45, 7) is 7.38. The van der Waals surface area contributed by atoms with Crippen molar-refractivity contribution in [2.75, 3.05) is 26.8 Å². The Hall–Kier alpha value is -0.350. The smallest absolute Gasteiger partial charge is 0.169 e. The average Bonchev–Trinajstić information content (AvgIpc) is 2.24. The van der Waals surface area contributed by atoms with E-state index in [4.69, 9.17) is 17.0 Å². The lowest BCUT2D eigenvalue weighted by Crippen LogP contribution is -2.49. The Balaban J connectivity index is 2.25. The fourth-order valence-corrected chi connectivity index (χ4v) is 2.60. The van der Waals surface area contributed by atoms with Crippen molar-refractivity contribution in [2.45, 2.75) is 39.2 Å². The van der Waals surface area contributed by atoms with Gasteiger partial charge in [0.2, 0.25) is 0 Å². The number of thiocarbonyl (C=S) groups is 1. The van der Waals surface area contributed by atoms with Gasteiger partial charge in [0.25, 0.3) is 0 Å². The number of nitrogens with zero attached hydrogens (tertiary/aromatic N) is 1. The van der Waals surface area contributed by atoms with Crippen molar-refractivity contribution in [3.63, 3.8) is 0 Å². The van der Waals surface area contributed by atoms with E-state index >= 15 is 0 Å². The van der Waals surface area contributed by atoms with Gasteiger partial charge in [-0.05, 0) is 44.3 Å². The van der Waals surface area contributed by atoms with E-state index in [0.717, 1.165) is 37.1 Å². The van der Waals surface area contributed by atoms with Gasteiger partial charge < -0.3 is 15.0 Å². The van der Waals surface area contributed by atoms with E-state index in [2.05, 4.69) is 24.1 Å². The van der Waals surface area contributed by atoms with Gasteiger partial charge in [-0.2, -0.15) is 0 Å². The van der Waals surface area contributed by atoms with Crippen LogP contribution in [0.3, 0.4) is 0 Å². The summed E-state index contributed by atoms with van der Waals surface area (Å²) in [5.74, 6) is 0.836. The number of likely N-dealkylation sites (tertiary alicyclic amines) is 1. The highest BCUT2D eigenvalue weighted by atomic mass is 32.1. The molecule has 0 aliphatic carbocycles. The van der Waals surface area contributed by atoms with Crippen LogP contribution in [0.15, 0.2) is 0 Å². The molecule has 2 unspecified atom stereocenters. The first-order chi connectivity index (χ1) is 7.65. The molecule has 0 aromatic carbocycles. The summed E-state index contributed by atoms with van der Waals surface area (Å²) in [6.07, 6.45) is 3.51. The van der Waals surface area contributed by atoms with E-state index in [0.29, 0.717) is 6.04 Å². The van der Waals surface area contributed by atoms with Gasteiger partial charge in [0.1, 0.15) is 0 Å². The van der Waals surface area contributed by atoms with Crippen LogP contribution in [0.2, 0.25) is 0 Å². The molecule has 0 radical (unpaired) electrons. The molecule has 0 saturated carbocycles. The average molecular weight is 244 g/mol. The number of piperidine rings is 1. The maximum atomic E-state index is 5.41. The van der Waals surface area contributed by atoms with E-state index in [1.54, 1.807) is 7.11 Å². The second kappa shape index (κ2) is 7.07. The first kappa shape index (κ1) is 13.7. The van der Waals surface area contributed by atoms with Gasteiger partial charge in [0, 0.05) is 32.8 Å². The Morgan fingerprint density at radius 3 is 2.88 bits per heavy atom. The van der Waals surface area contributed by atoms with Gasteiger partial charge >= 0.3 is 0 Å². The minimum absolute atomic E-state index is 0.575. The molecule has 0 aromatic rings. The van der Waals surface area contributed by atoms with Gasteiger partial charge in [-0.25, -0.2) is 0 Å². The standard InChI is InChI=1S/C12H24N2OS/c1-10-5-7-14(11(2)9-10)12(16)13-6-4-8-15-3/h10-11H,4-9H2,1-3H3,(H,13,16). The van der Waals surface area contributed by atoms with Crippen LogP contribution in [0.25, 0.3) is 0 Å². The monoisotopic (exact) mass is 244 g/mol. The van der Waals surface area contributed by atoms with Crippen LogP contribution >= 0.6 is 12.2 Å². The van der Waals surface area contributed by atoms with Gasteiger partial charge in [0.15, 0.2) is 5.11 Å². The van der Waals surface area contributed by atoms with Gasteiger partial charge in [-0.3, -0.25) is 0 Å². The third kappa shape index (κ3) is 4.26. The molecule has 0 bridgehead atoms. The number of nitrogens with one attached hydrogen (secondary N) is 1. The molecular formula is C12H24N2OS. The first-order valence-electron chi connectivity index (χ1n) is 6.18. The molecule has 1 fully saturated rings. The summed E-state index contributed by atoms with van der Waals surface area (Å²) >= 11 is 5.41. The summed E-state index contributed by atoms with van der Waals surface area (Å²) in [5, 5.41) is 4.22. The Bertz CT molecular complexity index is 223. The number of ether oxygens (including phenoxy) is 1. The Labute approximate surface area is 105 Å². The highest BCUT2D eigenvalue weighted by Crippen LogP contribution is 2.21. The number of hydrogen-bond acceptors (Lipinski definition) is 2. The molecule has 1 rings (SSSR count). The molecular weight excluding hydrogens is 220 g/mol. The van der Waals surface area contributed by atoms with E-state index in [1.807, 2.05) is 0 Å². The fraction of sp³-hybridized carbons (Fsp3) is 0.917. The molecule has 0 spiro atoms. The van der Waals surface area contributed by atoms with Gasteiger partial charge in [-0.15, -0.1) is 0 Å². The van der Waals surface area contributed by atoms with Crippen LogP contribution in [0.1, 0.15) is 33.1 Å². The summed E-state index contributed by atoms with van der Waals surface area (Å²) in [6, 6.07) is 0.575. The zero-order chi connectivity index (χ0) is 12.0.